The van der Waals surface area contributed by atoms with E-state index in [1.807, 2.05) is 13.8 Å². The van der Waals surface area contributed by atoms with Crippen molar-refractivity contribution in [1.82, 2.24) is 5.32 Å². The molecule has 0 saturated carbocycles. The first-order valence-electron chi connectivity index (χ1n) is 5.71. The molecule has 3 N–H and O–H groups in total. The first-order chi connectivity index (χ1) is 8.43. The summed E-state index contributed by atoms with van der Waals surface area (Å²) in [7, 11) is 0. The van der Waals surface area contributed by atoms with Crippen LogP contribution >= 0.6 is 12.6 Å². The van der Waals surface area contributed by atoms with E-state index in [0.717, 1.165) is 0 Å². The van der Waals surface area contributed by atoms with Gasteiger partial charge in [0, 0.05) is 5.92 Å². The van der Waals surface area contributed by atoms with Crippen molar-refractivity contribution in [3.05, 3.63) is 22.0 Å². The highest BCUT2D eigenvalue weighted by atomic mass is 32.1. The summed E-state index contributed by atoms with van der Waals surface area (Å²) in [4.78, 5) is 11.9. The maximum Gasteiger partial charge on any atom is 0.338 e. The van der Waals surface area contributed by atoms with Crippen LogP contribution in [0.25, 0.3) is 0 Å². The smallest absolute Gasteiger partial charge is 0.338 e. The molecule has 0 fully saturated rings. The summed E-state index contributed by atoms with van der Waals surface area (Å²) >= 11 is 4.19. The predicted molar refractivity (Wildman–Crippen MR) is 70.9 cm³/mol. The zero-order valence-corrected chi connectivity index (χ0v) is 11.5. The molecule has 0 bridgehead atoms. The Bertz CT molecular complexity index is 460. The minimum absolute atomic E-state index is 0.0434. The molecular weight excluding hydrogens is 250 g/mol. The van der Waals surface area contributed by atoms with Gasteiger partial charge in [0.1, 0.15) is 5.82 Å². The number of esters is 1. The Kier molecular flexibility index (Phi) is 4.68. The van der Waals surface area contributed by atoms with Gasteiger partial charge in [-0.25, -0.2) is 4.79 Å². The van der Waals surface area contributed by atoms with Crippen molar-refractivity contribution >= 4 is 18.6 Å². The Morgan fingerprint density at radius 2 is 2.28 bits per heavy atom. The summed E-state index contributed by atoms with van der Waals surface area (Å²) in [6.07, 6.45) is 0. The summed E-state index contributed by atoms with van der Waals surface area (Å²) in [5.41, 5.74) is 6.54. The number of nitrogens with zero attached hydrogens (tertiary/aromatic N) is 1. The third-order valence-electron chi connectivity index (χ3n) is 2.70. The van der Waals surface area contributed by atoms with E-state index in [1.54, 1.807) is 6.92 Å². The molecule has 0 aliphatic carbocycles. The average Bonchev–Trinajstić information content (AvgIpc) is 2.27. The largest absolute Gasteiger partial charge is 0.463 e. The van der Waals surface area contributed by atoms with Crippen LogP contribution in [0.1, 0.15) is 20.8 Å². The fourth-order valence-electron chi connectivity index (χ4n) is 1.96. The summed E-state index contributed by atoms with van der Waals surface area (Å²) in [6, 6.07) is 2.08. The molecular formula is C12H17N3O2S. The van der Waals surface area contributed by atoms with Crippen LogP contribution in [-0.4, -0.2) is 12.6 Å². The van der Waals surface area contributed by atoms with E-state index in [0.29, 0.717) is 16.2 Å². The van der Waals surface area contributed by atoms with Crippen molar-refractivity contribution in [2.45, 2.75) is 20.8 Å². The number of carbonyl (C=O) groups excluding carboxylic acids is 1. The number of hydrogen-bond acceptors (Lipinski definition) is 6. The van der Waals surface area contributed by atoms with Crippen LogP contribution < -0.4 is 11.1 Å². The number of nitrogens with two attached hydrogens (primary N) is 1. The zero-order chi connectivity index (χ0) is 13.9. The molecule has 0 saturated heterocycles. The molecule has 18 heavy (non-hydrogen) atoms. The molecule has 6 heteroatoms. The highest BCUT2D eigenvalue weighted by Crippen LogP contribution is 2.35. The van der Waals surface area contributed by atoms with Crippen molar-refractivity contribution in [3.63, 3.8) is 0 Å². The van der Waals surface area contributed by atoms with E-state index in [1.165, 1.54) is 0 Å². The molecule has 5 nitrogen and oxygen atoms in total. The average molecular weight is 267 g/mol. The number of ether oxygens (including phenoxy) is 1. The SMILES string of the molecule is CCOC(=O)C1=C(N)NC(S)=C(C#N)C1C(C)C. The van der Waals surface area contributed by atoms with Gasteiger partial charge in [0.05, 0.1) is 28.9 Å². The number of rotatable bonds is 3. The van der Waals surface area contributed by atoms with Crippen LogP contribution in [0.3, 0.4) is 0 Å². The lowest BCUT2D eigenvalue weighted by Crippen LogP contribution is -2.35. The standard InChI is InChI=1S/C12H17N3O2S/c1-4-17-12(16)9-8(6(2)3)7(5-13)11(18)15-10(9)14/h6,8,15,18H,4,14H2,1-3H3. The maximum absolute atomic E-state index is 11.9. The van der Waals surface area contributed by atoms with Gasteiger partial charge >= 0.3 is 5.97 Å². The van der Waals surface area contributed by atoms with Crippen LogP contribution in [0.15, 0.2) is 22.0 Å². The molecule has 98 valence electrons. The molecule has 0 aromatic rings. The molecule has 1 atom stereocenters. The molecule has 1 unspecified atom stereocenters. The molecule has 0 amide bonds. The van der Waals surface area contributed by atoms with Gasteiger partial charge in [-0.2, -0.15) is 5.26 Å². The summed E-state index contributed by atoms with van der Waals surface area (Å²) in [6.45, 7) is 5.82. The van der Waals surface area contributed by atoms with Crippen LogP contribution in [0.5, 0.6) is 0 Å². The summed E-state index contributed by atoms with van der Waals surface area (Å²) in [5, 5.41) is 12.3. The van der Waals surface area contributed by atoms with Crippen molar-refractivity contribution in [3.8, 4) is 6.07 Å². The molecule has 1 aliphatic rings. The molecule has 0 radical (unpaired) electrons. The lowest BCUT2D eigenvalue weighted by molar-refractivity contribution is -0.139. The van der Waals surface area contributed by atoms with E-state index in [-0.39, 0.29) is 24.3 Å². The number of allylic oxidation sites excluding steroid dienone is 1. The van der Waals surface area contributed by atoms with Crippen LogP contribution in [0.2, 0.25) is 0 Å². The minimum atomic E-state index is -0.491. The minimum Gasteiger partial charge on any atom is -0.463 e. The molecule has 1 heterocycles. The van der Waals surface area contributed by atoms with Crippen LogP contribution in [0, 0.1) is 23.2 Å². The van der Waals surface area contributed by atoms with E-state index in [2.05, 4.69) is 24.0 Å². The van der Waals surface area contributed by atoms with E-state index in [9.17, 15) is 10.1 Å². The lowest BCUT2D eigenvalue weighted by atomic mass is 9.81. The Morgan fingerprint density at radius 3 is 2.72 bits per heavy atom. The van der Waals surface area contributed by atoms with Crippen molar-refractivity contribution in [1.29, 1.82) is 5.26 Å². The van der Waals surface area contributed by atoms with Gasteiger partial charge < -0.3 is 15.8 Å². The molecule has 0 aromatic carbocycles. The van der Waals surface area contributed by atoms with Gasteiger partial charge in [0.15, 0.2) is 0 Å². The fraction of sp³-hybridized carbons (Fsp3) is 0.500. The number of thiol groups is 1. The molecule has 0 spiro atoms. The molecule has 1 aliphatic heterocycles. The van der Waals surface area contributed by atoms with Crippen LogP contribution in [-0.2, 0) is 9.53 Å². The van der Waals surface area contributed by atoms with Crippen molar-refractivity contribution in [2.75, 3.05) is 6.61 Å². The third-order valence-corrected chi connectivity index (χ3v) is 3.06. The van der Waals surface area contributed by atoms with Gasteiger partial charge in [0.25, 0.3) is 0 Å². The number of carbonyl (C=O) groups is 1. The quantitative estimate of drug-likeness (QED) is 0.529. The zero-order valence-electron chi connectivity index (χ0n) is 10.7. The van der Waals surface area contributed by atoms with Crippen LogP contribution in [0.4, 0.5) is 0 Å². The second kappa shape index (κ2) is 5.83. The highest BCUT2D eigenvalue weighted by Gasteiger charge is 2.35. The van der Waals surface area contributed by atoms with E-state index in [4.69, 9.17) is 10.5 Å². The monoisotopic (exact) mass is 267 g/mol. The Hall–Kier alpha value is -1.61. The number of nitriles is 1. The number of hydrogen-bond donors (Lipinski definition) is 3. The normalized spacial score (nSPS) is 19.7. The van der Waals surface area contributed by atoms with E-state index >= 15 is 0 Å². The second-order valence-corrected chi connectivity index (χ2v) is 4.72. The number of nitrogens with one attached hydrogen (secondary N) is 1. The van der Waals surface area contributed by atoms with Gasteiger partial charge in [-0.05, 0) is 12.8 Å². The molecule has 1 rings (SSSR count). The van der Waals surface area contributed by atoms with E-state index < -0.39 is 5.97 Å². The fourth-order valence-corrected chi connectivity index (χ4v) is 2.27. The third kappa shape index (κ3) is 2.62. The predicted octanol–water partition coefficient (Wildman–Crippen LogP) is 1.26. The second-order valence-electron chi connectivity index (χ2n) is 4.27. The Labute approximate surface area is 112 Å². The maximum atomic E-state index is 11.9. The first kappa shape index (κ1) is 14.5. The van der Waals surface area contributed by atoms with Gasteiger partial charge in [-0.15, -0.1) is 12.6 Å². The van der Waals surface area contributed by atoms with Gasteiger partial charge in [0.2, 0.25) is 0 Å². The van der Waals surface area contributed by atoms with Gasteiger partial charge in [-0.1, -0.05) is 13.8 Å². The Balaban J connectivity index is 3.26. The Morgan fingerprint density at radius 1 is 1.67 bits per heavy atom. The summed E-state index contributed by atoms with van der Waals surface area (Å²) < 4.78 is 4.99. The topological polar surface area (TPSA) is 88.1 Å². The highest BCUT2D eigenvalue weighted by molar-refractivity contribution is 7.84. The molecule has 0 aromatic heterocycles. The van der Waals surface area contributed by atoms with Gasteiger partial charge in [-0.3, -0.25) is 0 Å². The van der Waals surface area contributed by atoms with Crippen molar-refractivity contribution in [2.24, 2.45) is 17.6 Å². The number of dihydropyridines is 1. The van der Waals surface area contributed by atoms with Crippen molar-refractivity contribution < 1.29 is 9.53 Å². The lowest BCUT2D eigenvalue weighted by Gasteiger charge is -2.29. The first-order valence-corrected chi connectivity index (χ1v) is 6.15. The summed E-state index contributed by atoms with van der Waals surface area (Å²) in [5.74, 6) is -0.629.